The first-order valence-electron chi connectivity index (χ1n) is 5.02. The number of rotatable bonds is 5. The van der Waals surface area contributed by atoms with Gasteiger partial charge in [-0.2, -0.15) is 0 Å². The molecular weight excluding hydrogens is 196 g/mol. The summed E-state index contributed by atoms with van der Waals surface area (Å²) in [7, 11) is 0. The zero-order valence-electron chi connectivity index (χ0n) is 9.06. The Morgan fingerprint density at radius 2 is 2.33 bits per heavy atom. The van der Waals surface area contributed by atoms with Gasteiger partial charge in [-0.25, -0.2) is 0 Å². The van der Waals surface area contributed by atoms with E-state index in [2.05, 4.69) is 5.16 Å². The lowest BCUT2D eigenvalue weighted by atomic mass is 10.3. The molecule has 0 unspecified atom stereocenters. The highest BCUT2D eigenvalue weighted by molar-refractivity contribution is 5.91. The van der Waals surface area contributed by atoms with Crippen molar-refractivity contribution in [3.05, 3.63) is 17.5 Å². The number of aliphatic hydroxyl groups is 1. The second-order valence-corrected chi connectivity index (χ2v) is 3.35. The summed E-state index contributed by atoms with van der Waals surface area (Å²) in [4.78, 5) is 13.4. The van der Waals surface area contributed by atoms with Gasteiger partial charge in [0.25, 0.3) is 5.91 Å². The van der Waals surface area contributed by atoms with Gasteiger partial charge in [0.2, 0.25) is 5.76 Å². The van der Waals surface area contributed by atoms with Gasteiger partial charge in [0.1, 0.15) is 0 Å². The molecule has 1 heterocycles. The zero-order valence-corrected chi connectivity index (χ0v) is 9.06. The highest BCUT2D eigenvalue weighted by Gasteiger charge is 2.18. The molecule has 15 heavy (non-hydrogen) atoms. The monoisotopic (exact) mass is 212 g/mol. The fourth-order valence-electron chi connectivity index (χ4n) is 1.33. The first-order valence-corrected chi connectivity index (χ1v) is 5.02. The standard InChI is InChI=1S/C10H16N2O3/c1-3-4-12(5-6-13)10(14)9-7-8(2)11-15-9/h7,13H,3-6H2,1-2H3. The summed E-state index contributed by atoms with van der Waals surface area (Å²) >= 11 is 0. The zero-order chi connectivity index (χ0) is 11.3. The Kier molecular flexibility index (Phi) is 4.30. The van der Waals surface area contributed by atoms with Crippen molar-refractivity contribution in [2.45, 2.75) is 20.3 Å². The molecule has 0 atom stereocenters. The number of aryl methyl sites for hydroxylation is 1. The van der Waals surface area contributed by atoms with E-state index >= 15 is 0 Å². The SMILES string of the molecule is CCCN(CCO)C(=O)c1cc(C)no1. The van der Waals surface area contributed by atoms with Crippen LogP contribution < -0.4 is 0 Å². The topological polar surface area (TPSA) is 66.6 Å². The minimum Gasteiger partial charge on any atom is -0.395 e. The quantitative estimate of drug-likeness (QED) is 0.785. The Balaban J connectivity index is 2.71. The van der Waals surface area contributed by atoms with Crippen molar-refractivity contribution >= 4 is 5.91 Å². The lowest BCUT2D eigenvalue weighted by Crippen LogP contribution is -2.34. The summed E-state index contributed by atoms with van der Waals surface area (Å²) in [6.45, 7) is 4.63. The molecule has 5 nitrogen and oxygen atoms in total. The molecular formula is C10H16N2O3. The highest BCUT2D eigenvalue weighted by Crippen LogP contribution is 2.07. The van der Waals surface area contributed by atoms with E-state index in [1.54, 1.807) is 17.9 Å². The maximum atomic E-state index is 11.8. The van der Waals surface area contributed by atoms with Crippen molar-refractivity contribution in [3.63, 3.8) is 0 Å². The normalized spacial score (nSPS) is 10.3. The molecule has 1 rings (SSSR count). The number of aromatic nitrogens is 1. The molecule has 0 spiro atoms. The fraction of sp³-hybridized carbons (Fsp3) is 0.600. The highest BCUT2D eigenvalue weighted by atomic mass is 16.5. The van der Waals surface area contributed by atoms with Gasteiger partial charge in [-0.15, -0.1) is 0 Å². The molecule has 1 aromatic heterocycles. The summed E-state index contributed by atoms with van der Waals surface area (Å²) in [5, 5.41) is 12.5. The van der Waals surface area contributed by atoms with Crippen molar-refractivity contribution < 1.29 is 14.4 Å². The Labute approximate surface area is 88.7 Å². The summed E-state index contributed by atoms with van der Waals surface area (Å²) < 4.78 is 4.88. The largest absolute Gasteiger partial charge is 0.395 e. The van der Waals surface area contributed by atoms with Crippen molar-refractivity contribution in [2.75, 3.05) is 19.7 Å². The second-order valence-electron chi connectivity index (χ2n) is 3.35. The van der Waals surface area contributed by atoms with Gasteiger partial charge in [0.15, 0.2) is 0 Å². The molecule has 0 aromatic carbocycles. The van der Waals surface area contributed by atoms with Crippen molar-refractivity contribution in [1.82, 2.24) is 10.1 Å². The molecule has 0 fully saturated rings. The molecule has 0 radical (unpaired) electrons. The lowest BCUT2D eigenvalue weighted by molar-refractivity contribution is 0.0680. The third kappa shape index (κ3) is 3.06. The molecule has 0 aliphatic rings. The number of hydrogen-bond donors (Lipinski definition) is 1. The van der Waals surface area contributed by atoms with Crippen LogP contribution in [0.5, 0.6) is 0 Å². The van der Waals surface area contributed by atoms with Crippen LogP contribution in [0.3, 0.4) is 0 Å². The molecule has 1 aromatic rings. The van der Waals surface area contributed by atoms with E-state index in [0.29, 0.717) is 18.8 Å². The summed E-state index contributed by atoms with van der Waals surface area (Å²) in [5.41, 5.74) is 0.679. The van der Waals surface area contributed by atoms with Crippen LogP contribution in [-0.4, -0.2) is 40.8 Å². The van der Waals surface area contributed by atoms with Crippen molar-refractivity contribution in [2.24, 2.45) is 0 Å². The minimum atomic E-state index is -0.216. The van der Waals surface area contributed by atoms with E-state index in [-0.39, 0.29) is 18.3 Å². The second kappa shape index (κ2) is 5.50. The average Bonchev–Trinajstić information content (AvgIpc) is 2.63. The number of amides is 1. The van der Waals surface area contributed by atoms with Crippen LogP contribution in [0.15, 0.2) is 10.6 Å². The maximum absolute atomic E-state index is 11.8. The molecule has 0 saturated carbocycles. The molecule has 1 amide bonds. The lowest BCUT2D eigenvalue weighted by Gasteiger charge is -2.18. The van der Waals surface area contributed by atoms with Gasteiger partial charge in [-0.05, 0) is 13.3 Å². The Bertz CT molecular complexity index is 316. The Morgan fingerprint density at radius 1 is 1.60 bits per heavy atom. The maximum Gasteiger partial charge on any atom is 0.292 e. The fourth-order valence-corrected chi connectivity index (χ4v) is 1.33. The molecule has 0 bridgehead atoms. The van der Waals surface area contributed by atoms with Gasteiger partial charge in [-0.3, -0.25) is 4.79 Å². The summed E-state index contributed by atoms with van der Waals surface area (Å²) in [6, 6.07) is 1.60. The number of nitrogens with zero attached hydrogens (tertiary/aromatic N) is 2. The van der Waals surface area contributed by atoms with E-state index in [0.717, 1.165) is 6.42 Å². The molecule has 0 saturated heterocycles. The van der Waals surface area contributed by atoms with Gasteiger partial charge < -0.3 is 14.5 Å². The molecule has 1 N–H and O–H groups in total. The number of hydrogen-bond acceptors (Lipinski definition) is 4. The van der Waals surface area contributed by atoms with Gasteiger partial charge >= 0.3 is 0 Å². The smallest absolute Gasteiger partial charge is 0.292 e. The van der Waals surface area contributed by atoms with E-state index in [1.807, 2.05) is 6.92 Å². The van der Waals surface area contributed by atoms with Crippen LogP contribution >= 0.6 is 0 Å². The number of carbonyl (C=O) groups excluding carboxylic acids is 1. The Hall–Kier alpha value is -1.36. The number of aliphatic hydroxyl groups excluding tert-OH is 1. The van der Waals surface area contributed by atoms with Crippen LogP contribution in [0.1, 0.15) is 29.6 Å². The van der Waals surface area contributed by atoms with Gasteiger partial charge in [0, 0.05) is 19.2 Å². The molecule has 0 aliphatic carbocycles. The van der Waals surface area contributed by atoms with E-state index < -0.39 is 0 Å². The number of carbonyl (C=O) groups is 1. The van der Waals surface area contributed by atoms with Crippen LogP contribution in [0.25, 0.3) is 0 Å². The first-order chi connectivity index (χ1) is 7.19. The predicted molar refractivity (Wildman–Crippen MR) is 54.5 cm³/mol. The third-order valence-electron chi connectivity index (χ3n) is 1.99. The van der Waals surface area contributed by atoms with Crippen molar-refractivity contribution in [3.8, 4) is 0 Å². The molecule has 84 valence electrons. The van der Waals surface area contributed by atoms with Crippen LogP contribution in [0, 0.1) is 6.92 Å². The first kappa shape index (κ1) is 11.7. The van der Waals surface area contributed by atoms with E-state index in [1.165, 1.54) is 0 Å². The molecule has 0 aliphatic heterocycles. The van der Waals surface area contributed by atoms with Crippen LogP contribution in [0.2, 0.25) is 0 Å². The summed E-state index contributed by atoms with van der Waals surface area (Å²) in [6.07, 6.45) is 0.846. The minimum absolute atomic E-state index is 0.0428. The van der Waals surface area contributed by atoms with E-state index in [9.17, 15) is 4.79 Å². The van der Waals surface area contributed by atoms with Crippen LogP contribution in [-0.2, 0) is 0 Å². The predicted octanol–water partition coefficient (Wildman–Crippen LogP) is 0.828. The summed E-state index contributed by atoms with van der Waals surface area (Å²) in [5.74, 6) is 0.0147. The van der Waals surface area contributed by atoms with Crippen LogP contribution in [0.4, 0.5) is 0 Å². The average molecular weight is 212 g/mol. The van der Waals surface area contributed by atoms with Gasteiger partial charge in [0.05, 0.1) is 12.3 Å². The molecule has 5 heteroatoms. The van der Waals surface area contributed by atoms with Gasteiger partial charge in [-0.1, -0.05) is 12.1 Å². The van der Waals surface area contributed by atoms with E-state index in [4.69, 9.17) is 9.63 Å². The van der Waals surface area contributed by atoms with Crippen molar-refractivity contribution in [1.29, 1.82) is 0 Å². The Morgan fingerprint density at radius 3 is 2.80 bits per heavy atom. The third-order valence-corrected chi connectivity index (χ3v) is 1.99.